The second kappa shape index (κ2) is 7.25. The maximum absolute atomic E-state index is 12.3. The molecule has 1 saturated heterocycles. The van der Waals surface area contributed by atoms with Crippen LogP contribution < -0.4 is 20.7 Å². The fourth-order valence-electron chi connectivity index (χ4n) is 2.89. The van der Waals surface area contributed by atoms with Gasteiger partial charge in [0.25, 0.3) is 0 Å². The van der Waals surface area contributed by atoms with Crippen LogP contribution in [0.25, 0.3) is 0 Å². The van der Waals surface area contributed by atoms with E-state index < -0.39 is 12.1 Å². The zero-order valence-corrected chi connectivity index (χ0v) is 14.2. The molecule has 1 unspecified atom stereocenters. The number of nitrogens with one attached hydrogen (secondary N) is 3. The van der Waals surface area contributed by atoms with E-state index in [0.29, 0.717) is 12.2 Å². The molecular formula is C19H21N3O3. The first-order valence-electron chi connectivity index (χ1n) is 8.12. The first-order valence-corrected chi connectivity index (χ1v) is 8.12. The van der Waals surface area contributed by atoms with Crippen LogP contribution in [0.15, 0.2) is 48.5 Å². The van der Waals surface area contributed by atoms with Crippen LogP contribution >= 0.6 is 0 Å². The van der Waals surface area contributed by atoms with Crippen LogP contribution in [0.2, 0.25) is 0 Å². The zero-order chi connectivity index (χ0) is 17.8. The van der Waals surface area contributed by atoms with Crippen molar-refractivity contribution >= 4 is 17.6 Å². The van der Waals surface area contributed by atoms with E-state index >= 15 is 0 Å². The Balaban J connectivity index is 1.68. The molecule has 0 bridgehead atoms. The second-order valence-electron chi connectivity index (χ2n) is 6.07. The van der Waals surface area contributed by atoms with Crippen molar-refractivity contribution in [2.45, 2.75) is 18.9 Å². The summed E-state index contributed by atoms with van der Waals surface area (Å²) in [5.74, 6) is 0.449. The van der Waals surface area contributed by atoms with Crippen molar-refractivity contribution < 1.29 is 14.3 Å². The molecule has 1 aliphatic heterocycles. The van der Waals surface area contributed by atoms with Crippen molar-refractivity contribution in [3.8, 4) is 5.75 Å². The lowest BCUT2D eigenvalue weighted by molar-refractivity contribution is -0.120. The average Bonchev–Trinajstić information content (AvgIpc) is 2.98. The Hall–Kier alpha value is -3.02. The number of carbonyl (C=O) groups is 2. The number of hydrogen-bond donors (Lipinski definition) is 3. The molecule has 0 radical (unpaired) electrons. The molecule has 0 saturated carbocycles. The molecule has 130 valence electrons. The van der Waals surface area contributed by atoms with Crippen LogP contribution in [-0.4, -0.2) is 31.6 Å². The van der Waals surface area contributed by atoms with Crippen molar-refractivity contribution in [2.24, 2.45) is 0 Å². The minimum absolute atomic E-state index is 0.123. The Kier molecular flexibility index (Phi) is 4.88. The minimum atomic E-state index is -0.612. The number of hydrogen-bond acceptors (Lipinski definition) is 3. The fourth-order valence-corrected chi connectivity index (χ4v) is 2.89. The molecule has 0 spiro atoms. The highest BCUT2D eigenvalue weighted by atomic mass is 16.5. The largest absolute Gasteiger partial charge is 0.497 e. The van der Waals surface area contributed by atoms with E-state index in [2.05, 4.69) is 16.0 Å². The number of anilines is 1. The highest BCUT2D eigenvalue weighted by molar-refractivity contribution is 5.95. The van der Waals surface area contributed by atoms with Crippen LogP contribution in [-0.2, 0) is 4.79 Å². The van der Waals surface area contributed by atoms with Crippen LogP contribution in [0, 0.1) is 6.92 Å². The molecule has 25 heavy (non-hydrogen) atoms. The van der Waals surface area contributed by atoms with Gasteiger partial charge in [0.2, 0.25) is 5.91 Å². The minimum Gasteiger partial charge on any atom is -0.497 e. The summed E-state index contributed by atoms with van der Waals surface area (Å²) in [5, 5.41) is 8.34. The van der Waals surface area contributed by atoms with Gasteiger partial charge in [-0.25, -0.2) is 4.79 Å². The van der Waals surface area contributed by atoms with Gasteiger partial charge in [-0.05, 0) is 36.8 Å². The number of aryl methyl sites for hydroxylation is 1. The molecule has 0 aliphatic carbocycles. The first-order chi connectivity index (χ1) is 12.1. The molecular weight excluding hydrogens is 318 g/mol. The summed E-state index contributed by atoms with van der Waals surface area (Å²) in [6, 6.07) is 14.0. The summed E-state index contributed by atoms with van der Waals surface area (Å²) in [6.07, 6.45) is 0. The monoisotopic (exact) mass is 339 g/mol. The highest BCUT2D eigenvalue weighted by Crippen LogP contribution is 2.25. The van der Waals surface area contributed by atoms with Gasteiger partial charge >= 0.3 is 6.03 Å². The lowest BCUT2D eigenvalue weighted by Crippen LogP contribution is -2.44. The van der Waals surface area contributed by atoms with Crippen molar-refractivity contribution in [3.63, 3.8) is 0 Å². The second-order valence-corrected chi connectivity index (χ2v) is 6.07. The maximum Gasteiger partial charge on any atom is 0.319 e. The Morgan fingerprint density at radius 1 is 1.12 bits per heavy atom. The molecule has 1 heterocycles. The molecule has 1 fully saturated rings. The van der Waals surface area contributed by atoms with E-state index in [1.165, 1.54) is 0 Å². The summed E-state index contributed by atoms with van der Waals surface area (Å²) >= 11 is 0. The molecule has 2 aromatic rings. The van der Waals surface area contributed by atoms with E-state index in [0.717, 1.165) is 16.9 Å². The first kappa shape index (κ1) is 16.8. The summed E-state index contributed by atoms with van der Waals surface area (Å²) in [5.41, 5.74) is 2.77. The fraction of sp³-hybridized carbons (Fsp3) is 0.263. The number of carbonyl (C=O) groups excluding carboxylic acids is 2. The van der Waals surface area contributed by atoms with Crippen LogP contribution in [0.5, 0.6) is 5.75 Å². The third kappa shape index (κ3) is 3.91. The molecule has 6 nitrogen and oxygen atoms in total. The van der Waals surface area contributed by atoms with Gasteiger partial charge in [-0.2, -0.15) is 0 Å². The number of methoxy groups -OCH3 is 1. The Morgan fingerprint density at radius 3 is 2.44 bits per heavy atom. The van der Waals surface area contributed by atoms with Gasteiger partial charge in [-0.15, -0.1) is 0 Å². The lowest BCUT2D eigenvalue weighted by Gasteiger charge is -2.19. The predicted octanol–water partition coefficient (Wildman–Crippen LogP) is 2.41. The smallest absolute Gasteiger partial charge is 0.319 e. The topological polar surface area (TPSA) is 79.5 Å². The molecule has 2 aromatic carbocycles. The average molecular weight is 339 g/mol. The van der Waals surface area contributed by atoms with Gasteiger partial charge in [0.1, 0.15) is 11.8 Å². The highest BCUT2D eigenvalue weighted by Gasteiger charge is 2.36. The molecule has 2 atom stereocenters. The Morgan fingerprint density at radius 2 is 1.80 bits per heavy atom. The number of urea groups is 1. The number of ether oxygens (including phenoxy) is 1. The van der Waals surface area contributed by atoms with Crippen molar-refractivity contribution in [3.05, 3.63) is 59.7 Å². The van der Waals surface area contributed by atoms with Gasteiger partial charge < -0.3 is 20.7 Å². The van der Waals surface area contributed by atoms with Crippen LogP contribution in [0.4, 0.5) is 10.5 Å². The zero-order valence-electron chi connectivity index (χ0n) is 14.2. The van der Waals surface area contributed by atoms with E-state index in [4.69, 9.17) is 4.74 Å². The molecule has 1 aliphatic rings. The van der Waals surface area contributed by atoms with Gasteiger partial charge in [-0.3, -0.25) is 4.79 Å². The van der Waals surface area contributed by atoms with Gasteiger partial charge in [-0.1, -0.05) is 29.8 Å². The van der Waals surface area contributed by atoms with Gasteiger partial charge in [0, 0.05) is 18.2 Å². The third-order valence-corrected chi connectivity index (χ3v) is 4.32. The Labute approximate surface area is 146 Å². The number of rotatable bonds is 4. The molecule has 3 amide bonds. The van der Waals surface area contributed by atoms with Crippen molar-refractivity contribution in [2.75, 3.05) is 19.0 Å². The quantitative estimate of drug-likeness (QED) is 0.800. The van der Waals surface area contributed by atoms with Crippen LogP contribution in [0.3, 0.4) is 0 Å². The SMILES string of the molecule is COc1ccc([C@@H]2CNC(=O)C2NC(=O)Nc2ccc(C)cc2)cc1. The number of benzene rings is 2. The van der Waals surface area contributed by atoms with E-state index in [9.17, 15) is 9.59 Å². The molecule has 3 rings (SSSR count). The Bertz CT molecular complexity index is 756. The maximum atomic E-state index is 12.3. The predicted molar refractivity (Wildman–Crippen MR) is 95.9 cm³/mol. The number of amides is 3. The normalized spacial score (nSPS) is 19.2. The molecule has 0 aromatic heterocycles. The van der Waals surface area contributed by atoms with Gasteiger partial charge in [0.05, 0.1) is 7.11 Å². The van der Waals surface area contributed by atoms with Crippen molar-refractivity contribution in [1.82, 2.24) is 10.6 Å². The summed E-state index contributed by atoms with van der Waals surface area (Å²) in [7, 11) is 1.61. The summed E-state index contributed by atoms with van der Waals surface area (Å²) < 4.78 is 5.16. The van der Waals surface area contributed by atoms with E-state index in [1.807, 2.05) is 55.5 Å². The third-order valence-electron chi connectivity index (χ3n) is 4.32. The standard InChI is InChI=1S/C19H21N3O3/c1-12-3-7-14(8-4-12)21-19(24)22-17-16(11-20-18(17)23)13-5-9-15(25-2)10-6-13/h3-10,16-17H,11H2,1-2H3,(H,20,23)(H2,21,22,24)/t16-,17?/m0/s1. The van der Waals surface area contributed by atoms with Crippen molar-refractivity contribution in [1.29, 1.82) is 0 Å². The summed E-state index contributed by atoms with van der Waals surface area (Å²) in [6.45, 7) is 2.47. The molecule has 3 N–H and O–H groups in total. The van der Waals surface area contributed by atoms with E-state index in [1.54, 1.807) is 7.11 Å². The lowest BCUT2D eigenvalue weighted by atomic mass is 9.94. The molecule has 6 heteroatoms. The van der Waals surface area contributed by atoms with E-state index in [-0.39, 0.29) is 11.8 Å². The van der Waals surface area contributed by atoms with Crippen LogP contribution in [0.1, 0.15) is 17.0 Å². The van der Waals surface area contributed by atoms with Gasteiger partial charge in [0.15, 0.2) is 0 Å². The summed E-state index contributed by atoms with van der Waals surface area (Å²) in [4.78, 5) is 24.4.